The van der Waals surface area contributed by atoms with Gasteiger partial charge in [0.1, 0.15) is 24.5 Å². The van der Waals surface area contributed by atoms with Gasteiger partial charge < -0.3 is 5.32 Å². The SMILES string of the molecule is N#Cc1cccnc1NCc1ccc(Cn2cncn2)cc1. The largest absolute Gasteiger partial charge is 0.365 e. The van der Waals surface area contributed by atoms with Gasteiger partial charge in [0, 0.05) is 12.7 Å². The first-order chi connectivity index (χ1) is 10.8. The lowest BCUT2D eigenvalue weighted by molar-refractivity contribution is 0.684. The number of benzene rings is 1. The minimum absolute atomic E-state index is 0.547. The van der Waals surface area contributed by atoms with Crippen LogP contribution in [0.3, 0.4) is 0 Å². The Kier molecular flexibility index (Phi) is 4.07. The molecule has 0 amide bonds. The van der Waals surface area contributed by atoms with E-state index >= 15 is 0 Å². The molecule has 0 bridgehead atoms. The molecule has 108 valence electrons. The Labute approximate surface area is 128 Å². The lowest BCUT2D eigenvalue weighted by Crippen LogP contribution is -2.04. The Morgan fingerprint density at radius 3 is 2.68 bits per heavy atom. The summed E-state index contributed by atoms with van der Waals surface area (Å²) in [5.41, 5.74) is 2.83. The van der Waals surface area contributed by atoms with Crippen LogP contribution in [0.1, 0.15) is 16.7 Å². The summed E-state index contributed by atoms with van der Waals surface area (Å²) >= 11 is 0. The molecule has 6 heteroatoms. The van der Waals surface area contributed by atoms with Gasteiger partial charge in [-0.25, -0.2) is 14.6 Å². The Balaban J connectivity index is 1.63. The molecule has 0 saturated heterocycles. The van der Waals surface area contributed by atoms with E-state index in [1.807, 2.05) is 12.1 Å². The van der Waals surface area contributed by atoms with E-state index in [2.05, 4.69) is 38.6 Å². The lowest BCUT2D eigenvalue weighted by Gasteiger charge is -2.08. The van der Waals surface area contributed by atoms with Crippen molar-refractivity contribution in [2.45, 2.75) is 13.1 Å². The third kappa shape index (κ3) is 3.27. The average Bonchev–Trinajstić information content (AvgIpc) is 3.07. The van der Waals surface area contributed by atoms with Crippen LogP contribution in [-0.2, 0) is 13.1 Å². The van der Waals surface area contributed by atoms with Gasteiger partial charge in [-0.2, -0.15) is 10.4 Å². The summed E-state index contributed by atoms with van der Waals surface area (Å²) in [6, 6.07) is 13.8. The minimum atomic E-state index is 0.547. The molecule has 2 aromatic heterocycles. The van der Waals surface area contributed by atoms with Crippen LogP contribution in [0.15, 0.2) is 55.2 Å². The fourth-order valence-electron chi connectivity index (χ4n) is 2.09. The second-order valence-corrected chi connectivity index (χ2v) is 4.77. The normalized spacial score (nSPS) is 10.1. The summed E-state index contributed by atoms with van der Waals surface area (Å²) in [6.07, 6.45) is 4.89. The predicted octanol–water partition coefficient (Wildman–Crippen LogP) is 2.21. The number of hydrogen-bond acceptors (Lipinski definition) is 5. The van der Waals surface area contributed by atoms with E-state index < -0.39 is 0 Å². The van der Waals surface area contributed by atoms with Crippen molar-refractivity contribution in [3.05, 3.63) is 71.9 Å². The summed E-state index contributed by atoms with van der Waals surface area (Å²) in [7, 11) is 0. The van der Waals surface area contributed by atoms with Crippen molar-refractivity contribution in [3.8, 4) is 6.07 Å². The minimum Gasteiger partial charge on any atom is -0.365 e. The smallest absolute Gasteiger partial charge is 0.144 e. The van der Waals surface area contributed by atoms with Crippen LogP contribution in [-0.4, -0.2) is 19.7 Å². The number of pyridine rings is 1. The van der Waals surface area contributed by atoms with Crippen LogP contribution in [0.25, 0.3) is 0 Å². The second-order valence-electron chi connectivity index (χ2n) is 4.77. The molecular weight excluding hydrogens is 276 g/mol. The molecule has 2 heterocycles. The summed E-state index contributed by atoms with van der Waals surface area (Å²) < 4.78 is 1.78. The Hall–Kier alpha value is -3.20. The number of rotatable bonds is 5. The highest BCUT2D eigenvalue weighted by atomic mass is 15.3. The standard InChI is InChI=1S/C16H14N6/c17-8-15-2-1-7-19-16(15)20-9-13-3-5-14(6-4-13)10-22-12-18-11-21-22/h1-7,11-12H,9-10H2,(H,19,20). The number of aromatic nitrogens is 4. The quantitative estimate of drug-likeness (QED) is 0.779. The Bertz CT molecular complexity index is 771. The van der Waals surface area contributed by atoms with Gasteiger partial charge in [0.25, 0.3) is 0 Å². The Morgan fingerprint density at radius 2 is 1.95 bits per heavy atom. The van der Waals surface area contributed by atoms with Gasteiger partial charge in [-0.15, -0.1) is 0 Å². The highest BCUT2D eigenvalue weighted by Crippen LogP contribution is 2.12. The van der Waals surface area contributed by atoms with Crippen molar-refractivity contribution in [1.29, 1.82) is 5.26 Å². The summed E-state index contributed by atoms with van der Waals surface area (Å²) in [6.45, 7) is 1.32. The number of nitrogens with one attached hydrogen (secondary N) is 1. The number of nitrogens with zero attached hydrogens (tertiary/aromatic N) is 5. The van der Waals surface area contributed by atoms with Gasteiger partial charge in [-0.1, -0.05) is 24.3 Å². The fourth-order valence-corrected chi connectivity index (χ4v) is 2.09. The first-order valence-corrected chi connectivity index (χ1v) is 6.84. The van der Waals surface area contributed by atoms with Crippen molar-refractivity contribution < 1.29 is 0 Å². The number of nitriles is 1. The molecule has 3 rings (SSSR count). The summed E-state index contributed by atoms with van der Waals surface area (Å²) in [5, 5.41) is 16.3. The monoisotopic (exact) mass is 290 g/mol. The van der Waals surface area contributed by atoms with E-state index in [0.29, 0.717) is 24.5 Å². The number of anilines is 1. The molecule has 0 aliphatic rings. The topological polar surface area (TPSA) is 79.4 Å². The zero-order chi connectivity index (χ0) is 15.2. The molecule has 0 saturated carbocycles. The average molecular weight is 290 g/mol. The lowest BCUT2D eigenvalue weighted by atomic mass is 10.1. The molecule has 0 aliphatic heterocycles. The van der Waals surface area contributed by atoms with Crippen LogP contribution < -0.4 is 5.32 Å². The maximum atomic E-state index is 9.03. The van der Waals surface area contributed by atoms with Gasteiger partial charge in [-0.3, -0.25) is 0 Å². The third-order valence-electron chi connectivity index (χ3n) is 3.22. The van der Waals surface area contributed by atoms with Gasteiger partial charge in [0.2, 0.25) is 0 Å². The molecule has 0 aliphatic carbocycles. The van der Waals surface area contributed by atoms with Gasteiger partial charge in [0.15, 0.2) is 0 Å². The van der Waals surface area contributed by atoms with E-state index in [0.717, 1.165) is 11.1 Å². The molecular formula is C16H14N6. The van der Waals surface area contributed by atoms with E-state index in [9.17, 15) is 0 Å². The van der Waals surface area contributed by atoms with Crippen LogP contribution in [0.2, 0.25) is 0 Å². The van der Waals surface area contributed by atoms with Crippen molar-refractivity contribution in [2.75, 3.05) is 5.32 Å². The van der Waals surface area contributed by atoms with Crippen LogP contribution >= 0.6 is 0 Å². The van der Waals surface area contributed by atoms with E-state index in [1.54, 1.807) is 29.3 Å². The summed E-state index contributed by atoms with van der Waals surface area (Å²) in [5.74, 6) is 0.608. The van der Waals surface area contributed by atoms with Crippen LogP contribution in [0.5, 0.6) is 0 Å². The molecule has 22 heavy (non-hydrogen) atoms. The van der Waals surface area contributed by atoms with Crippen molar-refractivity contribution >= 4 is 5.82 Å². The van der Waals surface area contributed by atoms with Gasteiger partial charge in [-0.05, 0) is 23.3 Å². The van der Waals surface area contributed by atoms with E-state index in [-0.39, 0.29) is 0 Å². The van der Waals surface area contributed by atoms with Crippen LogP contribution in [0, 0.1) is 11.3 Å². The van der Waals surface area contributed by atoms with Crippen molar-refractivity contribution in [2.24, 2.45) is 0 Å². The molecule has 1 N–H and O–H groups in total. The predicted molar refractivity (Wildman–Crippen MR) is 81.8 cm³/mol. The molecule has 0 atom stereocenters. The Morgan fingerprint density at radius 1 is 1.14 bits per heavy atom. The molecule has 1 aromatic carbocycles. The van der Waals surface area contributed by atoms with Crippen molar-refractivity contribution in [3.63, 3.8) is 0 Å². The van der Waals surface area contributed by atoms with E-state index in [4.69, 9.17) is 5.26 Å². The molecule has 0 fully saturated rings. The molecule has 0 unspecified atom stereocenters. The molecule has 0 spiro atoms. The van der Waals surface area contributed by atoms with Crippen molar-refractivity contribution in [1.82, 2.24) is 19.7 Å². The fraction of sp³-hybridized carbons (Fsp3) is 0.125. The first kappa shape index (κ1) is 13.8. The number of hydrogen-bond donors (Lipinski definition) is 1. The maximum absolute atomic E-state index is 9.03. The maximum Gasteiger partial charge on any atom is 0.144 e. The first-order valence-electron chi connectivity index (χ1n) is 6.84. The zero-order valence-corrected chi connectivity index (χ0v) is 11.8. The van der Waals surface area contributed by atoms with E-state index in [1.165, 1.54) is 6.33 Å². The third-order valence-corrected chi connectivity index (χ3v) is 3.22. The zero-order valence-electron chi connectivity index (χ0n) is 11.8. The van der Waals surface area contributed by atoms with Gasteiger partial charge in [0.05, 0.1) is 12.1 Å². The molecule has 3 aromatic rings. The second kappa shape index (κ2) is 6.50. The highest BCUT2D eigenvalue weighted by Gasteiger charge is 2.02. The van der Waals surface area contributed by atoms with Gasteiger partial charge >= 0.3 is 0 Å². The summed E-state index contributed by atoms with van der Waals surface area (Å²) in [4.78, 5) is 8.10. The highest BCUT2D eigenvalue weighted by molar-refractivity contribution is 5.51. The van der Waals surface area contributed by atoms with Crippen LogP contribution in [0.4, 0.5) is 5.82 Å². The molecule has 0 radical (unpaired) electrons. The molecule has 6 nitrogen and oxygen atoms in total.